The molecular weight excluding hydrogens is 495 g/mol. The van der Waals surface area contributed by atoms with Crippen LogP contribution >= 0.6 is 0 Å². The highest BCUT2D eigenvalue weighted by Gasteiger charge is 2.36. The molecule has 2 N–H and O–H groups in total. The largest absolute Gasteiger partial charge is 0.419 e. The van der Waals surface area contributed by atoms with Gasteiger partial charge in [-0.1, -0.05) is 12.1 Å². The lowest BCUT2D eigenvalue weighted by Gasteiger charge is -2.35. The summed E-state index contributed by atoms with van der Waals surface area (Å²) in [5, 5.41) is 10.4. The number of aromatic amines is 1. The van der Waals surface area contributed by atoms with Gasteiger partial charge in [0.1, 0.15) is 11.8 Å². The third kappa shape index (κ3) is 5.10. The number of hydrogen-bond acceptors (Lipinski definition) is 9. The molecule has 1 fully saturated rings. The van der Waals surface area contributed by atoms with Gasteiger partial charge in [-0.2, -0.15) is 13.2 Å². The van der Waals surface area contributed by atoms with Gasteiger partial charge in [-0.15, -0.1) is 10.2 Å². The SMILES string of the molecule is O=C(Nc1ncnc2nc[nH]c12)Oc1ccc(N2CCN(C(=O)c3ccccc3C(F)(F)F)CC2)nn1. The predicted octanol–water partition coefficient (Wildman–Crippen LogP) is 2.74. The van der Waals surface area contributed by atoms with Gasteiger partial charge in [0.15, 0.2) is 17.3 Å². The zero-order valence-corrected chi connectivity index (χ0v) is 18.9. The van der Waals surface area contributed by atoms with Crippen LogP contribution < -0.4 is 15.0 Å². The van der Waals surface area contributed by atoms with Crippen molar-refractivity contribution in [3.8, 4) is 5.88 Å². The maximum Gasteiger partial charge on any atom is 0.419 e. The fourth-order valence-corrected chi connectivity index (χ4v) is 3.84. The van der Waals surface area contributed by atoms with Crippen molar-refractivity contribution in [1.82, 2.24) is 35.0 Å². The number of carbonyl (C=O) groups excluding carboxylic acids is 2. The highest BCUT2D eigenvalue weighted by atomic mass is 19.4. The van der Waals surface area contributed by atoms with Crippen molar-refractivity contribution in [1.29, 1.82) is 0 Å². The van der Waals surface area contributed by atoms with Crippen molar-refractivity contribution in [2.24, 2.45) is 0 Å². The Labute approximate surface area is 206 Å². The molecule has 4 heterocycles. The number of halogens is 3. The molecule has 37 heavy (non-hydrogen) atoms. The van der Waals surface area contributed by atoms with Gasteiger partial charge in [0.25, 0.3) is 5.91 Å². The first-order valence-electron chi connectivity index (χ1n) is 11.0. The number of amides is 2. The third-order valence-corrected chi connectivity index (χ3v) is 5.62. The summed E-state index contributed by atoms with van der Waals surface area (Å²) in [7, 11) is 0. The number of rotatable bonds is 4. The molecule has 1 saturated heterocycles. The molecule has 4 aromatic rings. The Hall–Kier alpha value is -4.82. The van der Waals surface area contributed by atoms with E-state index in [1.165, 1.54) is 41.8 Å². The molecule has 0 radical (unpaired) electrons. The highest BCUT2D eigenvalue weighted by Crippen LogP contribution is 2.32. The number of imidazole rings is 1. The van der Waals surface area contributed by atoms with E-state index < -0.39 is 23.7 Å². The summed E-state index contributed by atoms with van der Waals surface area (Å²) in [6.45, 7) is 1.08. The summed E-state index contributed by atoms with van der Waals surface area (Å²) in [4.78, 5) is 42.9. The van der Waals surface area contributed by atoms with Crippen molar-refractivity contribution < 1.29 is 27.5 Å². The van der Waals surface area contributed by atoms with Crippen LogP contribution in [0.25, 0.3) is 11.2 Å². The molecule has 0 spiro atoms. The summed E-state index contributed by atoms with van der Waals surface area (Å²) >= 11 is 0. The summed E-state index contributed by atoms with van der Waals surface area (Å²) in [5.74, 6) is -0.0916. The number of hydrogen-bond donors (Lipinski definition) is 2. The lowest BCUT2D eigenvalue weighted by atomic mass is 10.1. The molecule has 1 aliphatic rings. The molecule has 12 nitrogen and oxygen atoms in total. The van der Waals surface area contributed by atoms with Gasteiger partial charge >= 0.3 is 12.3 Å². The molecule has 0 aliphatic carbocycles. The first kappa shape index (κ1) is 23.9. The number of alkyl halides is 3. The van der Waals surface area contributed by atoms with Crippen LogP contribution in [0.3, 0.4) is 0 Å². The van der Waals surface area contributed by atoms with Gasteiger partial charge in [-0.25, -0.2) is 19.7 Å². The summed E-state index contributed by atoms with van der Waals surface area (Å²) in [6, 6.07) is 7.77. The van der Waals surface area contributed by atoms with E-state index in [4.69, 9.17) is 4.74 Å². The number of H-pyrrole nitrogens is 1. The van der Waals surface area contributed by atoms with Crippen molar-refractivity contribution >= 4 is 34.8 Å². The number of fused-ring (bicyclic) bond motifs is 1. The zero-order valence-electron chi connectivity index (χ0n) is 18.9. The van der Waals surface area contributed by atoms with Crippen molar-refractivity contribution in [2.45, 2.75) is 6.18 Å². The monoisotopic (exact) mass is 513 g/mol. The van der Waals surface area contributed by atoms with E-state index in [-0.39, 0.29) is 30.4 Å². The van der Waals surface area contributed by atoms with Gasteiger partial charge in [0, 0.05) is 32.2 Å². The lowest BCUT2D eigenvalue weighted by molar-refractivity contribution is -0.138. The van der Waals surface area contributed by atoms with E-state index in [9.17, 15) is 22.8 Å². The average molecular weight is 513 g/mol. The van der Waals surface area contributed by atoms with Gasteiger partial charge in [-0.3, -0.25) is 10.1 Å². The van der Waals surface area contributed by atoms with E-state index in [2.05, 4.69) is 35.5 Å². The standard InChI is InChI=1S/C22H18F3N9O3/c23-22(24,25)14-4-2-1-3-13(14)20(35)34-9-7-33(8-10-34)15-5-6-16(32-31-15)37-21(36)30-19-17-18(27-11-26-17)28-12-29-19/h1-6,11-12H,7-10H2,(H2,26,27,28,29,30,36). The molecule has 15 heteroatoms. The molecule has 190 valence electrons. The van der Waals surface area contributed by atoms with E-state index >= 15 is 0 Å². The molecule has 3 aromatic heterocycles. The van der Waals surface area contributed by atoms with Crippen LogP contribution in [0, 0.1) is 0 Å². The van der Waals surface area contributed by atoms with Crippen LogP contribution in [0.15, 0.2) is 49.1 Å². The minimum Gasteiger partial charge on any atom is -0.389 e. The molecule has 1 aliphatic heterocycles. The van der Waals surface area contributed by atoms with Crippen LogP contribution in [0.5, 0.6) is 5.88 Å². The average Bonchev–Trinajstić information content (AvgIpc) is 3.38. The first-order chi connectivity index (χ1) is 17.8. The van der Waals surface area contributed by atoms with Crippen LogP contribution in [0.4, 0.5) is 29.6 Å². The number of aromatic nitrogens is 6. The molecule has 1 aromatic carbocycles. The summed E-state index contributed by atoms with van der Waals surface area (Å²) in [6.07, 6.45) is -2.81. The topological polar surface area (TPSA) is 142 Å². The minimum atomic E-state index is -4.62. The summed E-state index contributed by atoms with van der Waals surface area (Å²) in [5.41, 5.74) is -0.527. The third-order valence-electron chi connectivity index (χ3n) is 5.62. The quantitative estimate of drug-likeness (QED) is 0.421. The first-order valence-corrected chi connectivity index (χ1v) is 11.0. The lowest BCUT2D eigenvalue weighted by Crippen LogP contribution is -2.49. The van der Waals surface area contributed by atoms with Crippen LogP contribution in [-0.4, -0.2) is 73.2 Å². The van der Waals surface area contributed by atoms with Gasteiger partial charge in [0.2, 0.25) is 5.88 Å². The van der Waals surface area contributed by atoms with Gasteiger partial charge < -0.3 is 19.5 Å². The Balaban J connectivity index is 1.17. The second-order valence-corrected chi connectivity index (χ2v) is 7.89. The minimum absolute atomic E-state index is 0.0614. The number of anilines is 2. The van der Waals surface area contributed by atoms with Crippen molar-refractivity contribution in [2.75, 3.05) is 36.4 Å². The van der Waals surface area contributed by atoms with Crippen LogP contribution in [0.1, 0.15) is 15.9 Å². The van der Waals surface area contributed by atoms with Crippen molar-refractivity contribution in [3.05, 3.63) is 60.2 Å². The fraction of sp³-hybridized carbons (Fsp3) is 0.227. The highest BCUT2D eigenvalue weighted by molar-refractivity contribution is 5.96. The Bertz CT molecular complexity index is 1430. The maximum atomic E-state index is 13.3. The molecule has 0 saturated carbocycles. The maximum absolute atomic E-state index is 13.3. The summed E-state index contributed by atoms with van der Waals surface area (Å²) < 4.78 is 45.0. The van der Waals surface area contributed by atoms with E-state index in [1.54, 1.807) is 6.07 Å². The van der Waals surface area contributed by atoms with E-state index in [0.29, 0.717) is 30.1 Å². The van der Waals surface area contributed by atoms with Gasteiger partial charge in [0.05, 0.1) is 17.5 Å². The Kier molecular flexibility index (Phi) is 6.25. The van der Waals surface area contributed by atoms with E-state index in [0.717, 1.165) is 6.07 Å². The number of ether oxygens (including phenoxy) is 1. The number of nitrogens with zero attached hydrogens (tertiary/aromatic N) is 7. The molecule has 0 bridgehead atoms. The smallest absolute Gasteiger partial charge is 0.389 e. The Morgan fingerprint density at radius 1 is 0.973 bits per heavy atom. The number of piperazine rings is 1. The number of nitrogens with one attached hydrogen (secondary N) is 2. The number of carbonyl (C=O) groups is 2. The van der Waals surface area contributed by atoms with Crippen LogP contribution in [-0.2, 0) is 6.18 Å². The second-order valence-electron chi connectivity index (χ2n) is 7.89. The van der Waals surface area contributed by atoms with Gasteiger partial charge in [-0.05, 0) is 18.2 Å². The molecule has 0 atom stereocenters. The number of benzene rings is 1. The molecule has 2 amide bonds. The van der Waals surface area contributed by atoms with Crippen LogP contribution in [0.2, 0.25) is 0 Å². The molecule has 0 unspecified atom stereocenters. The van der Waals surface area contributed by atoms with E-state index in [1.807, 2.05) is 4.90 Å². The second kappa shape index (κ2) is 9.67. The Morgan fingerprint density at radius 2 is 1.76 bits per heavy atom. The zero-order chi connectivity index (χ0) is 26.0. The predicted molar refractivity (Wildman–Crippen MR) is 123 cm³/mol. The normalized spacial score (nSPS) is 14.0. The van der Waals surface area contributed by atoms with Crippen molar-refractivity contribution in [3.63, 3.8) is 0 Å². The fourth-order valence-electron chi connectivity index (χ4n) is 3.84. The Morgan fingerprint density at radius 3 is 2.49 bits per heavy atom. The molecular formula is C22H18F3N9O3. The molecule has 5 rings (SSSR count).